The molecule has 1 aliphatic heterocycles. The number of carbonyl (C=O) groups is 2. The maximum Gasteiger partial charge on any atom is 0.242 e. The van der Waals surface area contributed by atoms with Crippen molar-refractivity contribution in [3.8, 4) is 0 Å². The van der Waals surface area contributed by atoms with Crippen molar-refractivity contribution in [2.45, 2.75) is 32.2 Å². The van der Waals surface area contributed by atoms with Crippen LogP contribution in [-0.4, -0.2) is 35.8 Å². The number of aryl methyl sites for hydroxylation is 1. The van der Waals surface area contributed by atoms with E-state index in [1.807, 2.05) is 19.1 Å². The maximum atomic E-state index is 12.4. The van der Waals surface area contributed by atoms with E-state index in [9.17, 15) is 9.59 Å². The van der Waals surface area contributed by atoms with Gasteiger partial charge in [0.25, 0.3) is 0 Å². The molecule has 21 heavy (non-hydrogen) atoms. The first kappa shape index (κ1) is 16.1. The van der Waals surface area contributed by atoms with Crippen molar-refractivity contribution in [3.05, 3.63) is 33.8 Å². The molecule has 0 aliphatic carbocycles. The molecule has 6 heteroatoms. The molecule has 2 rings (SSSR count). The third-order valence-corrected chi connectivity index (χ3v) is 4.54. The van der Waals surface area contributed by atoms with E-state index in [-0.39, 0.29) is 17.9 Å². The van der Waals surface area contributed by atoms with E-state index in [0.29, 0.717) is 42.4 Å². The zero-order chi connectivity index (χ0) is 15.4. The van der Waals surface area contributed by atoms with Crippen LogP contribution >= 0.6 is 23.2 Å². The van der Waals surface area contributed by atoms with Gasteiger partial charge in [-0.3, -0.25) is 9.59 Å². The molecule has 114 valence electrons. The van der Waals surface area contributed by atoms with E-state index < -0.39 is 0 Å². The molecule has 0 spiro atoms. The summed E-state index contributed by atoms with van der Waals surface area (Å²) in [4.78, 5) is 25.8. The van der Waals surface area contributed by atoms with Gasteiger partial charge in [-0.1, -0.05) is 42.3 Å². The molecule has 0 bridgehead atoms. The van der Waals surface area contributed by atoms with Crippen LogP contribution in [0.1, 0.15) is 25.3 Å². The van der Waals surface area contributed by atoms with Crippen molar-refractivity contribution < 1.29 is 9.59 Å². The van der Waals surface area contributed by atoms with Gasteiger partial charge in [0.2, 0.25) is 11.8 Å². The fourth-order valence-corrected chi connectivity index (χ4v) is 2.96. The van der Waals surface area contributed by atoms with Crippen molar-refractivity contribution in [2.24, 2.45) is 0 Å². The first-order valence-corrected chi connectivity index (χ1v) is 7.80. The van der Waals surface area contributed by atoms with Crippen molar-refractivity contribution in [1.29, 1.82) is 0 Å². The normalized spacial score (nSPS) is 18.5. The van der Waals surface area contributed by atoms with E-state index in [1.54, 1.807) is 11.0 Å². The molecular weight excluding hydrogens is 311 g/mol. The van der Waals surface area contributed by atoms with E-state index in [4.69, 9.17) is 23.2 Å². The summed E-state index contributed by atoms with van der Waals surface area (Å²) in [6.45, 7) is 2.98. The highest BCUT2D eigenvalue weighted by molar-refractivity contribution is 6.42. The smallest absolute Gasteiger partial charge is 0.242 e. The van der Waals surface area contributed by atoms with Crippen LogP contribution in [0.3, 0.4) is 0 Å². The van der Waals surface area contributed by atoms with Gasteiger partial charge in [0.15, 0.2) is 0 Å². The highest BCUT2D eigenvalue weighted by atomic mass is 35.5. The molecular formula is C15H18Cl2N2O2. The number of nitrogens with zero attached hydrogens (tertiary/aromatic N) is 1. The van der Waals surface area contributed by atoms with Gasteiger partial charge >= 0.3 is 0 Å². The Morgan fingerprint density at radius 2 is 2.19 bits per heavy atom. The molecule has 2 amide bonds. The lowest BCUT2D eigenvalue weighted by Crippen LogP contribution is -2.56. The summed E-state index contributed by atoms with van der Waals surface area (Å²) in [5, 5.41) is 3.77. The Morgan fingerprint density at radius 3 is 2.90 bits per heavy atom. The topological polar surface area (TPSA) is 49.4 Å². The second-order valence-electron chi connectivity index (χ2n) is 5.02. The minimum absolute atomic E-state index is 0.0206. The predicted octanol–water partition coefficient (Wildman–Crippen LogP) is 2.66. The Morgan fingerprint density at radius 1 is 1.43 bits per heavy atom. The molecule has 1 aromatic carbocycles. The monoisotopic (exact) mass is 328 g/mol. The molecule has 0 aromatic heterocycles. The average Bonchev–Trinajstić information content (AvgIpc) is 2.48. The largest absolute Gasteiger partial charge is 0.353 e. The molecule has 0 saturated carbocycles. The van der Waals surface area contributed by atoms with Crippen LogP contribution in [-0.2, 0) is 16.0 Å². The Bertz CT molecular complexity index is 548. The molecule has 1 heterocycles. The van der Waals surface area contributed by atoms with Gasteiger partial charge in [-0.15, -0.1) is 0 Å². The molecule has 1 N–H and O–H groups in total. The highest BCUT2D eigenvalue weighted by Gasteiger charge is 2.31. The molecule has 0 unspecified atom stereocenters. The molecule has 4 nitrogen and oxygen atoms in total. The number of amides is 2. The summed E-state index contributed by atoms with van der Waals surface area (Å²) >= 11 is 12.1. The van der Waals surface area contributed by atoms with Gasteiger partial charge in [-0.2, -0.15) is 0 Å². The molecule has 1 atom stereocenters. The fraction of sp³-hybridized carbons (Fsp3) is 0.467. The molecule has 1 aliphatic rings. The van der Waals surface area contributed by atoms with Crippen LogP contribution in [0, 0.1) is 0 Å². The van der Waals surface area contributed by atoms with Crippen LogP contribution in [0.2, 0.25) is 10.0 Å². The van der Waals surface area contributed by atoms with Crippen molar-refractivity contribution >= 4 is 35.0 Å². The molecule has 1 saturated heterocycles. The number of benzene rings is 1. The predicted molar refractivity (Wildman–Crippen MR) is 83.6 cm³/mol. The second kappa shape index (κ2) is 7.14. The van der Waals surface area contributed by atoms with Crippen LogP contribution in [0.4, 0.5) is 0 Å². The zero-order valence-corrected chi connectivity index (χ0v) is 13.4. The lowest BCUT2D eigenvalue weighted by atomic mass is 10.1. The third kappa shape index (κ3) is 3.69. The van der Waals surface area contributed by atoms with Gasteiger partial charge in [-0.05, 0) is 24.5 Å². The van der Waals surface area contributed by atoms with Crippen molar-refractivity contribution in [1.82, 2.24) is 10.2 Å². The lowest BCUT2D eigenvalue weighted by Gasteiger charge is -2.34. The Labute approximate surface area is 134 Å². The van der Waals surface area contributed by atoms with Crippen LogP contribution in [0.5, 0.6) is 0 Å². The molecule has 0 radical (unpaired) electrons. The van der Waals surface area contributed by atoms with E-state index in [2.05, 4.69) is 5.32 Å². The minimum Gasteiger partial charge on any atom is -0.353 e. The Balaban J connectivity index is 2.01. The van der Waals surface area contributed by atoms with E-state index in [1.165, 1.54) is 0 Å². The quantitative estimate of drug-likeness (QED) is 0.923. The summed E-state index contributed by atoms with van der Waals surface area (Å²) in [5.41, 5.74) is 0.854. The lowest BCUT2D eigenvalue weighted by molar-refractivity contribution is -0.143. The summed E-state index contributed by atoms with van der Waals surface area (Å²) in [6, 6.07) is 5.04. The van der Waals surface area contributed by atoms with Crippen molar-refractivity contribution in [2.75, 3.05) is 13.1 Å². The van der Waals surface area contributed by atoms with Gasteiger partial charge in [0.1, 0.15) is 6.04 Å². The van der Waals surface area contributed by atoms with Gasteiger partial charge < -0.3 is 10.2 Å². The number of halogens is 2. The number of hydrogen-bond donors (Lipinski definition) is 1. The summed E-state index contributed by atoms with van der Waals surface area (Å²) in [5.74, 6) is -0.0920. The van der Waals surface area contributed by atoms with Gasteiger partial charge in [-0.25, -0.2) is 0 Å². The van der Waals surface area contributed by atoms with E-state index >= 15 is 0 Å². The summed E-state index contributed by atoms with van der Waals surface area (Å²) in [6.07, 6.45) is 1.46. The number of carbonyl (C=O) groups excluding carboxylic acids is 2. The highest BCUT2D eigenvalue weighted by Crippen LogP contribution is 2.26. The van der Waals surface area contributed by atoms with Gasteiger partial charge in [0, 0.05) is 19.5 Å². The Hall–Kier alpha value is -1.26. The summed E-state index contributed by atoms with van der Waals surface area (Å²) in [7, 11) is 0. The number of piperazine rings is 1. The summed E-state index contributed by atoms with van der Waals surface area (Å²) < 4.78 is 0. The van der Waals surface area contributed by atoms with Crippen LogP contribution < -0.4 is 5.32 Å². The van der Waals surface area contributed by atoms with Crippen LogP contribution in [0.25, 0.3) is 0 Å². The number of rotatable bonds is 4. The van der Waals surface area contributed by atoms with E-state index in [0.717, 1.165) is 5.56 Å². The molecule has 1 aromatic rings. The number of nitrogens with one attached hydrogen (secondary N) is 1. The SMILES string of the molecule is CC[C@@H]1C(=O)NCCN1C(=O)CCc1cccc(Cl)c1Cl. The maximum absolute atomic E-state index is 12.4. The first-order valence-electron chi connectivity index (χ1n) is 7.04. The minimum atomic E-state index is -0.360. The fourth-order valence-electron chi connectivity index (χ4n) is 2.55. The average molecular weight is 329 g/mol. The second-order valence-corrected chi connectivity index (χ2v) is 5.80. The van der Waals surface area contributed by atoms with Gasteiger partial charge in [0.05, 0.1) is 10.0 Å². The Kier molecular flexibility index (Phi) is 5.48. The standard InChI is InChI=1S/C15H18Cl2N2O2/c1-2-12-15(21)18-8-9-19(12)13(20)7-6-10-4-3-5-11(16)14(10)17/h3-5,12H,2,6-9H2,1H3,(H,18,21)/t12-/m1/s1. The van der Waals surface area contributed by atoms with Crippen molar-refractivity contribution in [3.63, 3.8) is 0 Å². The molecule has 1 fully saturated rings. The zero-order valence-electron chi connectivity index (χ0n) is 11.9. The number of hydrogen-bond acceptors (Lipinski definition) is 2. The third-order valence-electron chi connectivity index (χ3n) is 3.68. The van der Waals surface area contributed by atoms with Crippen LogP contribution in [0.15, 0.2) is 18.2 Å². The first-order chi connectivity index (χ1) is 10.0.